The normalized spacial score (nSPS) is 48.0. The summed E-state index contributed by atoms with van der Waals surface area (Å²) in [5.74, 6) is 0.489. The zero-order valence-corrected chi connectivity index (χ0v) is 28.9. The van der Waals surface area contributed by atoms with Gasteiger partial charge in [-0.2, -0.15) is 0 Å². The molecule has 6 fully saturated rings. The number of hydrogen-bond acceptors (Lipinski definition) is 8. The number of carbonyl (C=O) groups is 1. The highest BCUT2D eigenvalue weighted by Gasteiger charge is 2.85. The molecule has 1 aromatic rings. The molecule has 1 saturated heterocycles. The highest BCUT2D eigenvalue weighted by atomic mass is 16.6. The van der Waals surface area contributed by atoms with Crippen molar-refractivity contribution in [3.05, 3.63) is 29.8 Å². The Kier molecular flexibility index (Phi) is 7.42. The van der Waals surface area contributed by atoms with Gasteiger partial charge in [0.25, 0.3) is 0 Å². The first kappa shape index (κ1) is 32.8. The largest absolute Gasteiger partial charge is 0.458 e. The van der Waals surface area contributed by atoms with E-state index >= 15 is 0 Å². The Balaban J connectivity index is 1.13. The van der Waals surface area contributed by atoms with Crippen molar-refractivity contribution < 1.29 is 34.7 Å². The SMILES string of the molecule is CNc1ccccc1C(=O)OC1CCC2(C)C(CC(O)C3(C)C2CCC24CC23CCC4C2CC(C(O)C(C)(C)O)OC2O)C1(C)C. The molecule has 5 N–H and O–H groups in total. The molecule has 0 aromatic heterocycles. The van der Waals surface area contributed by atoms with Crippen molar-refractivity contribution >= 4 is 11.7 Å². The molecule has 0 bridgehead atoms. The Morgan fingerprint density at radius 3 is 2.43 bits per heavy atom. The van der Waals surface area contributed by atoms with Gasteiger partial charge in [0, 0.05) is 29.5 Å². The fraction of sp³-hybridized carbons (Fsp3) is 0.816. The number of nitrogens with one attached hydrogen (secondary N) is 1. The number of rotatable bonds is 6. The molecular formula is C38H57NO7. The lowest BCUT2D eigenvalue weighted by molar-refractivity contribution is -0.242. The van der Waals surface area contributed by atoms with E-state index in [1.54, 1.807) is 13.8 Å². The molecule has 1 heterocycles. The number of benzene rings is 1. The Hall–Kier alpha value is -1.71. The Morgan fingerprint density at radius 2 is 1.74 bits per heavy atom. The van der Waals surface area contributed by atoms with Gasteiger partial charge in [-0.1, -0.05) is 39.8 Å². The van der Waals surface area contributed by atoms with Gasteiger partial charge in [-0.25, -0.2) is 4.79 Å². The van der Waals surface area contributed by atoms with Crippen LogP contribution in [-0.2, 0) is 9.47 Å². The summed E-state index contributed by atoms with van der Waals surface area (Å²) in [4.78, 5) is 13.4. The van der Waals surface area contributed by atoms with E-state index in [0.29, 0.717) is 24.3 Å². The number of para-hydroxylation sites is 1. The van der Waals surface area contributed by atoms with Crippen LogP contribution in [0.2, 0.25) is 0 Å². The molecule has 8 nitrogen and oxygen atoms in total. The van der Waals surface area contributed by atoms with Gasteiger partial charge in [-0.05, 0) is 118 Å². The van der Waals surface area contributed by atoms with Crippen molar-refractivity contribution in [2.75, 3.05) is 12.4 Å². The summed E-state index contributed by atoms with van der Waals surface area (Å²) in [5, 5.41) is 47.8. The van der Waals surface area contributed by atoms with Crippen LogP contribution < -0.4 is 5.32 Å². The number of anilines is 1. The minimum atomic E-state index is -1.30. The predicted molar refractivity (Wildman–Crippen MR) is 175 cm³/mol. The lowest BCUT2D eigenvalue weighted by Crippen LogP contribution is -2.66. The number of esters is 1. The Bertz CT molecular complexity index is 1370. The quantitative estimate of drug-likeness (QED) is 0.258. The molecule has 7 rings (SSSR count). The summed E-state index contributed by atoms with van der Waals surface area (Å²) in [5.41, 5.74) is -0.378. The molecule has 1 aliphatic heterocycles. The molecular weight excluding hydrogens is 582 g/mol. The molecule has 0 amide bonds. The average Bonchev–Trinajstić information content (AvgIpc) is 3.37. The first-order chi connectivity index (χ1) is 21.5. The zero-order chi connectivity index (χ0) is 33.2. The van der Waals surface area contributed by atoms with Gasteiger partial charge in [0.15, 0.2) is 6.29 Å². The average molecular weight is 640 g/mol. The third-order valence-electron chi connectivity index (χ3n) is 15.5. The summed E-state index contributed by atoms with van der Waals surface area (Å²) in [6.45, 7) is 12.5. The molecule has 8 heteroatoms. The Morgan fingerprint density at radius 1 is 1.02 bits per heavy atom. The molecule has 13 atom stereocenters. The van der Waals surface area contributed by atoms with E-state index in [2.05, 4.69) is 33.0 Å². The molecule has 5 saturated carbocycles. The number of aliphatic hydroxyl groups excluding tert-OH is 3. The minimum Gasteiger partial charge on any atom is -0.458 e. The molecule has 6 aliphatic rings. The maximum absolute atomic E-state index is 13.4. The van der Waals surface area contributed by atoms with Crippen LogP contribution in [0.25, 0.3) is 0 Å². The maximum atomic E-state index is 13.4. The third-order valence-corrected chi connectivity index (χ3v) is 15.5. The second-order valence-corrected chi connectivity index (χ2v) is 17.9. The zero-order valence-electron chi connectivity index (χ0n) is 28.9. The van der Waals surface area contributed by atoms with Crippen molar-refractivity contribution in [3.8, 4) is 0 Å². The van der Waals surface area contributed by atoms with Crippen LogP contribution in [-0.4, -0.2) is 69.8 Å². The monoisotopic (exact) mass is 639 g/mol. The highest BCUT2D eigenvalue weighted by molar-refractivity contribution is 5.95. The first-order valence-corrected chi connectivity index (χ1v) is 17.9. The smallest absolute Gasteiger partial charge is 0.340 e. The predicted octanol–water partition coefficient (Wildman–Crippen LogP) is 5.52. The van der Waals surface area contributed by atoms with Gasteiger partial charge < -0.3 is 35.2 Å². The highest BCUT2D eigenvalue weighted by Crippen LogP contribution is 2.91. The number of ether oxygens (including phenoxy) is 2. The van der Waals surface area contributed by atoms with Crippen LogP contribution in [0.4, 0.5) is 5.69 Å². The van der Waals surface area contributed by atoms with E-state index in [-0.39, 0.29) is 56.9 Å². The molecule has 46 heavy (non-hydrogen) atoms. The van der Waals surface area contributed by atoms with E-state index in [1.165, 1.54) is 0 Å². The van der Waals surface area contributed by atoms with Crippen molar-refractivity contribution in [2.45, 2.75) is 136 Å². The van der Waals surface area contributed by atoms with Crippen LogP contribution in [0.1, 0.15) is 110 Å². The molecule has 13 unspecified atom stereocenters. The number of hydrogen-bond donors (Lipinski definition) is 5. The maximum Gasteiger partial charge on any atom is 0.340 e. The minimum absolute atomic E-state index is 0.0166. The molecule has 5 aliphatic carbocycles. The van der Waals surface area contributed by atoms with E-state index in [9.17, 15) is 25.2 Å². The summed E-state index contributed by atoms with van der Waals surface area (Å²) in [6.07, 6.45) is 5.05. The molecule has 256 valence electrons. The lowest BCUT2D eigenvalue weighted by atomic mass is 9.37. The summed E-state index contributed by atoms with van der Waals surface area (Å²) in [6, 6.07) is 7.48. The first-order valence-electron chi connectivity index (χ1n) is 17.9. The summed E-state index contributed by atoms with van der Waals surface area (Å²) >= 11 is 0. The van der Waals surface area contributed by atoms with E-state index < -0.39 is 30.2 Å². The summed E-state index contributed by atoms with van der Waals surface area (Å²) in [7, 11) is 1.82. The number of carbonyl (C=O) groups excluding carboxylic acids is 1. The van der Waals surface area contributed by atoms with E-state index in [0.717, 1.165) is 50.6 Å². The molecule has 0 spiro atoms. The fourth-order valence-corrected chi connectivity index (χ4v) is 13.3. The van der Waals surface area contributed by atoms with Crippen molar-refractivity contribution in [3.63, 3.8) is 0 Å². The van der Waals surface area contributed by atoms with Gasteiger partial charge in [0.2, 0.25) is 0 Å². The van der Waals surface area contributed by atoms with Crippen molar-refractivity contribution in [1.82, 2.24) is 0 Å². The summed E-state index contributed by atoms with van der Waals surface area (Å²) < 4.78 is 12.2. The van der Waals surface area contributed by atoms with Gasteiger partial charge in [-0.15, -0.1) is 0 Å². The standard InChI is InChI=1S/C38H57NO7/c1-33(2)27-19-28(40)36(6)26(35(27,5)15-14-29(33)46-31(42)21-10-8-9-11-24(21)39-7)13-16-37-20-38(36,37)17-12-23(37)22-18-25(45-32(22)43)30(41)34(3,4)44/h8-11,22-23,25-30,32,39-41,43-44H,12-20H2,1-7H3. The van der Waals surface area contributed by atoms with Crippen LogP contribution in [0.5, 0.6) is 0 Å². The van der Waals surface area contributed by atoms with E-state index in [4.69, 9.17) is 9.47 Å². The van der Waals surface area contributed by atoms with Crippen LogP contribution in [0.15, 0.2) is 24.3 Å². The number of aliphatic hydroxyl groups is 4. The Labute approximate surface area is 274 Å². The van der Waals surface area contributed by atoms with Crippen LogP contribution >= 0.6 is 0 Å². The topological polar surface area (TPSA) is 128 Å². The van der Waals surface area contributed by atoms with Gasteiger partial charge >= 0.3 is 5.97 Å². The van der Waals surface area contributed by atoms with Gasteiger partial charge in [0.1, 0.15) is 12.2 Å². The second kappa shape index (κ2) is 10.4. The van der Waals surface area contributed by atoms with Gasteiger partial charge in [-0.3, -0.25) is 0 Å². The van der Waals surface area contributed by atoms with Crippen molar-refractivity contribution in [1.29, 1.82) is 0 Å². The van der Waals surface area contributed by atoms with Crippen LogP contribution in [0.3, 0.4) is 0 Å². The van der Waals surface area contributed by atoms with E-state index in [1.807, 2.05) is 31.3 Å². The van der Waals surface area contributed by atoms with Gasteiger partial charge in [0.05, 0.1) is 23.4 Å². The molecule has 1 aromatic carbocycles. The van der Waals surface area contributed by atoms with Crippen LogP contribution in [0, 0.1) is 50.7 Å². The third kappa shape index (κ3) is 4.18. The lowest BCUT2D eigenvalue weighted by Gasteiger charge is -2.68. The van der Waals surface area contributed by atoms with Crippen molar-refractivity contribution in [2.24, 2.45) is 50.7 Å². The fourth-order valence-electron chi connectivity index (χ4n) is 13.3. The molecule has 0 radical (unpaired) electrons. The number of fused-ring (bicyclic) bond motifs is 3. The second-order valence-electron chi connectivity index (χ2n) is 17.9.